The van der Waals surface area contributed by atoms with Gasteiger partial charge in [-0.3, -0.25) is 0 Å². The monoisotopic (exact) mass is 383 g/mol. The van der Waals surface area contributed by atoms with Crippen molar-refractivity contribution >= 4 is 0 Å². The molecule has 148 valence electrons. The SMILES string of the molecule is CC(C)c1cc(-c2n[nH]c(=O)n2-c2ccc(CNCCN)cc2)c(O)cc1O. The quantitative estimate of drug-likeness (QED) is 0.396. The van der Waals surface area contributed by atoms with E-state index in [1.807, 2.05) is 38.1 Å². The fourth-order valence-electron chi connectivity index (χ4n) is 3.05. The van der Waals surface area contributed by atoms with E-state index in [1.165, 1.54) is 10.6 Å². The molecule has 0 amide bonds. The van der Waals surface area contributed by atoms with Gasteiger partial charge < -0.3 is 21.3 Å². The topological polar surface area (TPSA) is 129 Å². The van der Waals surface area contributed by atoms with Crippen LogP contribution < -0.4 is 16.7 Å². The predicted molar refractivity (Wildman–Crippen MR) is 108 cm³/mol. The maximum Gasteiger partial charge on any atom is 0.348 e. The molecule has 0 saturated carbocycles. The van der Waals surface area contributed by atoms with Gasteiger partial charge in [-0.15, -0.1) is 0 Å². The molecule has 0 saturated heterocycles. The summed E-state index contributed by atoms with van der Waals surface area (Å²) in [5.74, 6) is 0.178. The van der Waals surface area contributed by atoms with Crippen LogP contribution in [0.15, 0.2) is 41.2 Å². The summed E-state index contributed by atoms with van der Waals surface area (Å²) >= 11 is 0. The van der Waals surface area contributed by atoms with Gasteiger partial charge in [-0.2, -0.15) is 5.10 Å². The summed E-state index contributed by atoms with van der Waals surface area (Å²) in [4.78, 5) is 12.4. The minimum absolute atomic E-state index is 0.00927. The van der Waals surface area contributed by atoms with E-state index >= 15 is 0 Å². The van der Waals surface area contributed by atoms with Crippen molar-refractivity contribution < 1.29 is 10.2 Å². The Morgan fingerprint density at radius 2 is 1.89 bits per heavy atom. The molecule has 0 aliphatic carbocycles. The van der Waals surface area contributed by atoms with Crippen molar-refractivity contribution in [3.05, 3.63) is 58.0 Å². The standard InChI is InChI=1S/C20H25N5O3/c1-12(2)15-9-16(18(27)10-17(15)26)19-23-24-20(28)25(19)14-5-3-13(4-6-14)11-22-8-7-21/h3-6,9-10,12,22,26-27H,7-8,11,21H2,1-2H3,(H,24,28). The number of phenolic OH excluding ortho intramolecular Hbond substituents is 2. The van der Waals surface area contributed by atoms with E-state index in [4.69, 9.17) is 5.73 Å². The molecular formula is C20H25N5O3. The van der Waals surface area contributed by atoms with Crippen molar-refractivity contribution in [3.63, 3.8) is 0 Å². The Labute approximate surface area is 162 Å². The van der Waals surface area contributed by atoms with Crippen molar-refractivity contribution in [1.29, 1.82) is 0 Å². The van der Waals surface area contributed by atoms with Gasteiger partial charge in [0, 0.05) is 25.7 Å². The van der Waals surface area contributed by atoms with Crippen LogP contribution in [-0.4, -0.2) is 38.1 Å². The molecule has 6 N–H and O–H groups in total. The number of nitrogens with zero attached hydrogens (tertiary/aromatic N) is 2. The molecule has 1 heterocycles. The number of H-pyrrole nitrogens is 1. The Bertz CT molecular complexity index is 1010. The second-order valence-corrected chi connectivity index (χ2v) is 6.90. The van der Waals surface area contributed by atoms with Crippen molar-refractivity contribution in [3.8, 4) is 28.6 Å². The van der Waals surface area contributed by atoms with Gasteiger partial charge in [-0.1, -0.05) is 26.0 Å². The van der Waals surface area contributed by atoms with Crippen LogP contribution in [0.25, 0.3) is 17.1 Å². The van der Waals surface area contributed by atoms with Crippen LogP contribution in [0.3, 0.4) is 0 Å². The van der Waals surface area contributed by atoms with Gasteiger partial charge in [-0.05, 0) is 35.2 Å². The number of aromatic amines is 1. The lowest BCUT2D eigenvalue weighted by Crippen LogP contribution is -2.22. The lowest BCUT2D eigenvalue weighted by atomic mass is 9.98. The van der Waals surface area contributed by atoms with Crippen LogP contribution >= 0.6 is 0 Å². The van der Waals surface area contributed by atoms with Gasteiger partial charge >= 0.3 is 5.69 Å². The molecule has 0 aliphatic rings. The van der Waals surface area contributed by atoms with Gasteiger partial charge in [0.1, 0.15) is 11.5 Å². The van der Waals surface area contributed by atoms with Crippen molar-refractivity contribution in [2.45, 2.75) is 26.3 Å². The van der Waals surface area contributed by atoms with E-state index in [0.29, 0.717) is 29.9 Å². The number of nitrogens with two attached hydrogens (primary N) is 1. The third kappa shape index (κ3) is 3.92. The van der Waals surface area contributed by atoms with Crippen LogP contribution in [0.2, 0.25) is 0 Å². The molecule has 0 atom stereocenters. The number of aromatic nitrogens is 3. The summed E-state index contributed by atoms with van der Waals surface area (Å²) in [5, 5.41) is 30.2. The minimum atomic E-state index is -0.414. The Kier molecular flexibility index (Phi) is 5.81. The largest absolute Gasteiger partial charge is 0.508 e. The minimum Gasteiger partial charge on any atom is -0.508 e. The highest BCUT2D eigenvalue weighted by Crippen LogP contribution is 2.37. The zero-order valence-corrected chi connectivity index (χ0v) is 15.9. The van der Waals surface area contributed by atoms with E-state index in [-0.39, 0.29) is 23.2 Å². The summed E-state index contributed by atoms with van der Waals surface area (Å²) in [5.41, 5.74) is 7.77. The summed E-state index contributed by atoms with van der Waals surface area (Å²) in [6.45, 7) is 5.85. The molecular weight excluding hydrogens is 358 g/mol. The van der Waals surface area contributed by atoms with Crippen molar-refractivity contribution in [1.82, 2.24) is 20.1 Å². The number of nitrogens with one attached hydrogen (secondary N) is 2. The van der Waals surface area contributed by atoms with Crippen molar-refractivity contribution in [2.75, 3.05) is 13.1 Å². The van der Waals surface area contributed by atoms with Crippen LogP contribution in [0.5, 0.6) is 11.5 Å². The average Bonchev–Trinajstić information content (AvgIpc) is 3.03. The van der Waals surface area contributed by atoms with Gasteiger partial charge in [0.2, 0.25) is 0 Å². The number of benzene rings is 2. The molecule has 1 aromatic heterocycles. The number of rotatable bonds is 7. The van der Waals surface area contributed by atoms with E-state index in [9.17, 15) is 15.0 Å². The summed E-state index contributed by atoms with van der Waals surface area (Å²) < 4.78 is 1.40. The normalized spacial score (nSPS) is 11.3. The smallest absolute Gasteiger partial charge is 0.348 e. The molecule has 3 rings (SSSR count). The molecule has 0 bridgehead atoms. The predicted octanol–water partition coefficient (Wildman–Crippen LogP) is 1.81. The first-order valence-corrected chi connectivity index (χ1v) is 9.16. The Balaban J connectivity index is 2.02. The number of hydrogen-bond donors (Lipinski definition) is 5. The summed E-state index contributed by atoms with van der Waals surface area (Å²) in [6, 6.07) is 10.4. The van der Waals surface area contributed by atoms with Gasteiger partial charge in [0.05, 0.1) is 11.3 Å². The van der Waals surface area contributed by atoms with Gasteiger partial charge in [-0.25, -0.2) is 14.5 Å². The molecule has 0 fully saturated rings. The molecule has 0 unspecified atom stereocenters. The number of hydrogen-bond acceptors (Lipinski definition) is 6. The van der Waals surface area contributed by atoms with E-state index in [2.05, 4.69) is 15.5 Å². The van der Waals surface area contributed by atoms with E-state index in [1.54, 1.807) is 6.07 Å². The van der Waals surface area contributed by atoms with Crippen LogP contribution in [0.4, 0.5) is 0 Å². The summed E-state index contributed by atoms with van der Waals surface area (Å²) in [6.07, 6.45) is 0. The van der Waals surface area contributed by atoms with Crippen LogP contribution in [0, 0.1) is 0 Å². The van der Waals surface area contributed by atoms with E-state index < -0.39 is 5.69 Å². The van der Waals surface area contributed by atoms with Crippen LogP contribution in [-0.2, 0) is 6.54 Å². The maximum absolute atomic E-state index is 12.4. The molecule has 28 heavy (non-hydrogen) atoms. The first-order chi connectivity index (χ1) is 13.4. The zero-order valence-electron chi connectivity index (χ0n) is 15.9. The molecule has 8 heteroatoms. The first-order valence-electron chi connectivity index (χ1n) is 9.16. The average molecular weight is 383 g/mol. The Hall–Kier alpha value is -3.10. The lowest BCUT2D eigenvalue weighted by Gasteiger charge is -2.13. The second kappa shape index (κ2) is 8.28. The highest BCUT2D eigenvalue weighted by Gasteiger charge is 2.19. The van der Waals surface area contributed by atoms with Gasteiger partial charge in [0.15, 0.2) is 5.82 Å². The maximum atomic E-state index is 12.4. The molecule has 0 aliphatic heterocycles. The number of phenols is 2. The third-order valence-electron chi connectivity index (χ3n) is 4.53. The lowest BCUT2D eigenvalue weighted by molar-refractivity contribution is 0.444. The van der Waals surface area contributed by atoms with Crippen LogP contribution in [0.1, 0.15) is 30.9 Å². The highest BCUT2D eigenvalue weighted by atomic mass is 16.3. The molecule has 0 spiro atoms. The second-order valence-electron chi connectivity index (χ2n) is 6.90. The Morgan fingerprint density at radius 3 is 2.54 bits per heavy atom. The summed E-state index contributed by atoms with van der Waals surface area (Å²) in [7, 11) is 0. The molecule has 8 nitrogen and oxygen atoms in total. The first kappa shape index (κ1) is 19.7. The zero-order chi connectivity index (χ0) is 20.3. The third-order valence-corrected chi connectivity index (χ3v) is 4.53. The highest BCUT2D eigenvalue weighted by molar-refractivity contribution is 5.69. The molecule has 2 aromatic carbocycles. The van der Waals surface area contributed by atoms with Gasteiger partial charge in [0.25, 0.3) is 0 Å². The Morgan fingerprint density at radius 1 is 1.18 bits per heavy atom. The fraction of sp³-hybridized carbons (Fsp3) is 0.300. The van der Waals surface area contributed by atoms with E-state index in [0.717, 1.165) is 12.1 Å². The fourth-order valence-corrected chi connectivity index (χ4v) is 3.05. The molecule has 0 radical (unpaired) electrons. The molecule has 3 aromatic rings. The van der Waals surface area contributed by atoms with Crippen molar-refractivity contribution in [2.24, 2.45) is 5.73 Å². The number of aromatic hydroxyl groups is 2.